The normalized spacial score (nSPS) is 11.1. The Kier molecular flexibility index (Phi) is 5.48. The van der Waals surface area contributed by atoms with Crippen molar-refractivity contribution in [2.75, 3.05) is 5.88 Å². The van der Waals surface area contributed by atoms with E-state index in [1.54, 1.807) is 0 Å². The number of carbonyl (C=O) groups is 1. The highest BCUT2D eigenvalue weighted by molar-refractivity contribution is 6.18. The Morgan fingerprint density at radius 2 is 1.89 bits per heavy atom. The first kappa shape index (κ1) is 14.8. The Hall–Kier alpha value is -1.22. The maximum atomic E-state index is 11.5. The molecular formula is C14H20ClNO2. The van der Waals surface area contributed by atoms with Crippen molar-refractivity contribution >= 4 is 17.7 Å². The summed E-state index contributed by atoms with van der Waals surface area (Å²) < 4.78 is 5.18. The summed E-state index contributed by atoms with van der Waals surface area (Å²) in [6.07, 6.45) is 0.399. The molecule has 0 bridgehead atoms. The Morgan fingerprint density at radius 1 is 1.28 bits per heavy atom. The van der Waals surface area contributed by atoms with E-state index in [2.05, 4.69) is 5.32 Å². The van der Waals surface area contributed by atoms with Crippen LogP contribution in [0.2, 0.25) is 0 Å². The lowest BCUT2D eigenvalue weighted by atomic mass is 10.1. The first-order valence-corrected chi connectivity index (χ1v) is 6.55. The summed E-state index contributed by atoms with van der Waals surface area (Å²) in [5.74, 6) is 0.573. The van der Waals surface area contributed by atoms with Crippen LogP contribution in [0.1, 0.15) is 31.9 Å². The fourth-order valence-corrected chi connectivity index (χ4v) is 1.76. The molecule has 1 rings (SSSR count). The summed E-state index contributed by atoms with van der Waals surface area (Å²) in [5.41, 5.74) is 1.76. The zero-order chi connectivity index (χ0) is 13.6. The van der Waals surface area contributed by atoms with Crippen molar-refractivity contribution < 1.29 is 9.53 Å². The molecule has 0 unspecified atom stereocenters. The average molecular weight is 270 g/mol. The van der Waals surface area contributed by atoms with Crippen LogP contribution in [0.5, 0.6) is 0 Å². The quantitative estimate of drug-likeness (QED) is 0.850. The third-order valence-electron chi connectivity index (χ3n) is 2.30. The van der Waals surface area contributed by atoms with Gasteiger partial charge in [-0.1, -0.05) is 24.3 Å². The number of aryl methyl sites for hydroxylation is 1. The predicted octanol–water partition coefficient (Wildman–Crippen LogP) is 3.49. The molecule has 0 aliphatic heterocycles. The van der Waals surface area contributed by atoms with Gasteiger partial charge in [-0.05, 0) is 38.3 Å². The monoisotopic (exact) mass is 269 g/mol. The largest absolute Gasteiger partial charge is 0.444 e. The second-order valence-electron chi connectivity index (χ2n) is 5.06. The van der Waals surface area contributed by atoms with Gasteiger partial charge in [0.05, 0.1) is 0 Å². The van der Waals surface area contributed by atoms with Gasteiger partial charge in [-0.25, -0.2) is 4.79 Å². The Labute approximate surface area is 113 Å². The van der Waals surface area contributed by atoms with Gasteiger partial charge in [0.15, 0.2) is 0 Å². The summed E-state index contributed by atoms with van der Waals surface area (Å²) >= 11 is 5.75. The number of carbonyl (C=O) groups excluding carboxylic acids is 1. The lowest BCUT2D eigenvalue weighted by Gasteiger charge is -2.20. The number of ether oxygens (including phenoxy) is 1. The molecule has 0 saturated carbocycles. The van der Waals surface area contributed by atoms with Crippen molar-refractivity contribution in [1.29, 1.82) is 0 Å². The van der Waals surface area contributed by atoms with Crippen LogP contribution >= 0.6 is 11.6 Å². The van der Waals surface area contributed by atoms with Crippen molar-refractivity contribution in [2.45, 2.75) is 39.3 Å². The smallest absolute Gasteiger partial charge is 0.407 e. The summed E-state index contributed by atoms with van der Waals surface area (Å²) in [5, 5.41) is 2.75. The number of hydrogen-bond acceptors (Lipinski definition) is 2. The van der Waals surface area contributed by atoms with E-state index in [0.717, 1.165) is 17.5 Å². The molecule has 0 spiro atoms. The van der Waals surface area contributed by atoms with E-state index in [-0.39, 0.29) is 0 Å². The van der Waals surface area contributed by atoms with Crippen LogP contribution in [0.25, 0.3) is 0 Å². The predicted molar refractivity (Wildman–Crippen MR) is 73.9 cm³/mol. The van der Waals surface area contributed by atoms with Crippen LogP contribution in [0.15, 0.2) is 24.3 Å². The lowest BCUT2D eigenvalue weighted by molar-refractivity contribution is 0.0523. The zero-order valence-electron chi connectivity index (χ0n) is 11.1. The number of alkyl carbamates (subject to hydrolysis) is 1. The van der Waals surface area contributed by atoms with Crippen molar-refractivity contribution in [1.82, 2.24) is 5.32 Å². The van der Waals surface area contributed by atoms with E-state index < -0.39 is 11.7 Å². The lowest BCUT2D eigenvalue weighted by Crippen LogP contribution is -2.32. The first-order chi connectivity index (χ1) is 8.42. The summed E-state index contributed by atoms with van der Waals surface area (Å²) in [6.45, 7) is 5.98. The van der Waals surface area contributed by atoms with Crippen LogP contribution in [0.4, 0.5) is 4.79 Å². The molecule has 18 heavy (non-hydrogen) atoms. The van der Waals surface area contributed by atoms with Gasteiger partial charge >= 0.3 is 6.09 Å². The molecule has 0 fully saturated rings. The number of rotatable bonds is 4. The zero-order valence-corrected chi connectivity index (χ0v) is 11.9. The summed E-state index contributed by atoms with van der Waals surface area (Å²) in [4.78, 5) is 11.5. The molecular weight excluding hydrogens is 250 g/mol. The van der Waals surface area contributed by atoms with E-state index in [1.807, 2.05) is 45.0 Å². The Balaban J connectivity index is 2.55. The van der Waals surface area contributed by atoms with Crippen LogP contribution in [-0.4, -0.2) is 17.6 Å². The first-order valence-electron chi connectivity index (χ1n) is 6.02. The molecule has 0 aliphatic carbocycles. The standard InChI is InChI=1S/C14H20ClNO2/c1-14(2,3)18-13(17)16-10-12-7-5-4-6-11(12)8-9-15/h4-7H,8-10H2,1-3H3,(H,16,17). The van der Waals surface area contributed by atoms with Gasteiger partial charge < -0.3 is 10.1 Å². The van der Waals surface area contributed by atoms with Crippen LogP contribution in [0, 0.1) is 0 Å². The van der Waals surface area contributed by atoms with Gasteiger partial charge in [0.25, 0.3) is 0 Å². The molecule has 1 N–H and O–H groups in total. The minimum Gasteiger partial charge on any atom is -0.444 e. The molecule has 4 heteroatoms. The molecule has 0 heterocycles. The van der Waals surface area contributed by atoms with Gasteiger partial charge in [0.2, 0.25) is 0 Å². The molecule has 100 valence electrons. The second kappa shape index (κ2) is 6.64. The minimum absolute atomic E-state index is 0.400. The molecule has 1 amide bonds. The second-order valence-corrected chi connectivity index (χ2v) is 5.44. The molecule has 1 aromatic rings. The van der Waals surface area contributed by atoms with E-state index in [9.17, 15) is 4.79 Å². The van der Waals surface area contributed by atoms with Crippen LogP contribution < -0.4 is 5.32 Å². The van der Waals surface area contributed by atoms with E-state index in [4.69, 9.17) is 16.3 Å². The molecule has 0 radical (unpaired) electrons. The van der Waals surface area contributed by atoms with Gasteiger partial charge in [-0.2, -0.15) is 0 Å². The fourth-order valence-electron chi connectivity index (χ4n) is 1.56. The van der Waals surface area contributed by atoms with Crippen LogP contribution in [-0.2, 0) is 17.7 Å². The SMILES string of the molecule is CC(C)(C)OC(=O)NCc1ccccc1CCCl. The number of halogens is 1. The molecule has 0 atom stereocenters. The molecule has 0 aliphatic rings. The molecule has 0 aromatic heterocycles. The van der Waals surface area contributed by atoms with E-state index in [0.29, 0.717) is 12.4 Å². The highest BCUT2D eigenvalue weighted by atomic mass is 35.5. The number of benzene rings is 1. The molecule has 3 nitrogen and oxygen atoms in total. The Bertz CT molecular complexity index is 399. The third-order valence-corrected chi connectivity index (χ3v) is 2.49. The number of hydrogen-bond donors (Lipinski definition) is 1. The van der Waals surface area contributed by atoms with Gasteiger partial charge in [0.1, 0.15) is 5.60 Å². The summed E-state index contributed by atoms with van der Waals surface area (Å²) in [7, 11) is 0. The van der Waals surface area contributed by atoms with E-state index >= 15 is 0 Å². The van der Waals surface area contributed by atoms with Crippen molar-refractivity contribution in [3.8, 4) is 0 Å². The fraction of sp³-hybridized carbons (Fsp3) is 0.500. The number of nitrogens with one attached hydrogen (secondary N) is 1. The maximum absolute atomic E-state index is 11.5. The summed E-state index contributed by atoms with van der Waals surface area (Å²) in [6, 6.07) is 7.93. The van der Waals surface area contributed by atoms with Crippen molar-refractivity contribution in [2.24, 2.45) is 0 Å². The van der Waals surface area contributed by atoms with Crippen molar-refractivity contribution in [3.63, 3.8) is 0 Å². The molecule has 0 saturated heterocycles. The number of amides is 1. The average Bonchev–Trinajstić information content (AvgIpc) is 2.26. The highest BCUT2D eigenvalue weighted by Gasteiger charge is 2.15. The van der Waals surface area contributed by atoms with E-state index in [1.165, 1.54) is 0 Å². The topological polar surface area (TPSA) is 38.3 Å². The Morgan fingerprint density at radius 3 is 2.44 bits per heavy atom. The van der Waals surface area contributed by atoms with Gasteiger partial charge in [-0.15, -0.1) is 11.6 Å². The third kappa shape index (κ3) is 5.41. The van der Waals surface area contributed by atoms with Gasteiger partial charge in [-0.3, -0.25) is 0 Å². The maximum Gasteiger partial charge on any atom is 0.407 e. The van der Waals surface area contributed by atoms with Crippen LogP contribution in [0.3, 0.4) is 0 Å². The van der Waals surface area contributed by atoms with Crippen molar-refractivity contribution in [3.05, 3.63) is 35.4 Å². The number of alkyl halides is 1. The van der Waals surface area contributed by atoms with Gasteiger partial charge in [0, 0.05) is 12.4 Å². The molecule has 1 aromatic carbocycles. The minimum atomic E-state index is -0.472. The highest BCUT2D eigenvalue weighted by Crippen LogP contribution is 2.11.